The molecule has 0 amide bonds. The number of alkyl halides is 3. The van der Waals surface area contributed by atoms with E-state index >= 15 is 0 Å². The minimum Gasteiger partial charge on any atom is -0.504 e. The average molecular weight is 317 g/mol. The zero-order valence-corrected chi connectivity index (χ0v) is 12.6. The molecule has 0 heterocycles. The quantitative estimate of drug-likeness (QED) is 0.871. The highest BCUT2D eigenvalue weighted by Crippen LogP contribution is 2.37. The van der Waals surface area contributed by atoms with E-state index in [1.807, 2.05) is 0 Å². The van der Waals surface area contributed by atoms with Crippen LogP contribution in [-0.2, 0) is 6.42 Å². The van der Waals surface area contributed by atoms with Crippen LogP contribution in [0.3, 0.4) is 0 Å². The summed E-state index contributed by atoms with van der Waals surface area (Å²) in [6, 6.07) is 5.03. The summed E-state index contributed by atoms with van der Waals surface area (Å²) in [6.07, 6.45) is -1.56. The summed E-state index contributed by atoms with van der Waals surface area (Å²) in [7, 11) is 1.48. The number of aromatic hydroxyl groups is 1. The molecule has 6 heteroatoms. The second-order valence-electron chi connectivity index (χ2n) is 5.81. The summed E-state index contributed by atoms with van der Waals surface area (Å²) >= 11 is 0. The van der Waals surface area contributed by atoms with Gasteiger partial charge in [-0.1, -0.05) is 12.5 Å². The Labute approximate surface area is 128 Å². The Bertz CT molecular complexity index is 491. The number of hydrogen-bond donors (Lipinski definition) is 2. The van der Waals surface area contributed by atoms with E-state index in [1.165, 1.54) is 7.11 Å². The molecule has 2 rings (SSSR count). The van der Waals surface area contributed by atoms with Crippen LogP contribution in [-0.4, -0.2) is 31.0 Å². The van der Waals surface area contributed by atoms with E-state index in [9.17, 15) is 18.3 Å². The third kappa shape index (κ3) is 4.53. The van der Waals surface area contributed by atoms with Crippen molar-refractivity contribution in [3.8, 4) is 11.5 Å². The van der Waals surface area contributed by atoms with Gasteiger partial charge >= 0.3 is 6.18 Å². The lowest BCUT2D eigenvalue weighted by Gasteiger charge is -2.31. The highest BCUT2D eigenvalue weighted by atomic mass is 19.4. The Kier molecular flexibility index (Phi) is 5.56. The summed E-state index contributed by atoms with van der Waals surface area (Å²) < 4.78 is 43.3. The molecule has 1 aromatic rings. The lowest BCUT2D eigenvalue weighted by atomic mass is 9.85. The largest absolute Gasteiger partial charge is 0.504 e. The number of halogens is 3. The van der Waals surface area contributed by atoms with Gasteiger partial charge in [-0.05, 0) is 49.9 Å². The molecule has 124 valence electrons. The summed E-state index contributed by atoms with van der Waals surface area (Å²) in [5, 5.41) is 12.7. The van der Waals surface area contributed by atoms with Gasteiger partial charge < -0.3 is 15.2 Å². The van der Waals surface area contributed by atoms with E-state index in [1.54, 1.807) is 18.2 Å². The van der Waals surface area contributed by atoms with Gasteiger partial charge in [0.05, 0.1) is 13.0 Å². The van der Waals surface area contributed by atoms with Crippen molar-refractivity contribution in [3.05, 3.63) is 23.8 Å². The van der Waals surface area contributed by atoms with Crippen molar-refractivity contribution < 1.29 is 23.0 Å². The van der Waals surface area contributed by atoms with Gasteiger partial charge in [-0.15, -0.1) is 0 Å². The summed E-state index contributed by atoms with van der Waals surface area (Å²) in [4.78, 5) is 0. The fraction of sp³-hybridized carbons (Fsp3) is 0.625. The smallest absolute Gasteiger partial charge is 0.391 e. The van der Waals surface area contributed by atoms with E-state index in [4.69, 9.17) is 4.74 Å². The van der Waals surface area contributed by atoms with Crippen LogP contribution in [0.15, 0.2) is 18.2 Å². The number of phenolic OH excluding ortho intramolecular Hbond substituents is 1. The number of hydrogen-bond acceptors (Lipinski definition) is 3. The van der Waals surface area contributed by atoms with Crippen LogP contribution in [0, 0.1) is 5.92 Å². The molecule has 2 N–H and O–H groups in total. The molecule has 1 aliphatic rings. The van der Waals surface area contributed by atoms with E-state index in [0.717, 1.165) is 12.0 Å². The van der Waals surface area contributed by atoms with E-state index < -0.39 is 12.1 Å². The number of methoxy groups -OCH3 is 1. The number of benzene rings is 1. The minimum absolute atomic E-state index is 0.0700. The average Bonchev–Trinajstić information content (AvgIpc) is 2.48. The van der Waals surface area contributed by atoms with E-state index in [2.05, 4.69) is 5.32 Å². The normalized spacial score (nSPS) is 22.5. The second-order valence-corrected chi connectivity index (χ2v) is 5.81. The first-order chi connectivity index (χ1) is 10.4. The fourth-order valence-electron chi connectivity index (χ4n) is 2.97. The Morgan fingerprint density at radius 2 is 2.09 bits per heavy atom. The first kappa shape index (κ1) is 16.9. The molecule has 22 heavy (non-hydrogen) atoms. The molecule has 0 unspecified atom stereocenters. The third-order valence-electron chi connectivity index (χ3n) is 4.23. The molecule has 0 bridgehead atoms. The Morgan fingerprint density at radius 1 is 1.32 bits per heavy atom. The van der Waals surface area contributed by atoms with Crippen LogP contribution in [0.4, 0.5) is 13.2 Å². The third-order valence-corrected chi connectivity index (χ3v) is 4.23. The molecule has 0 spiro atoms. The number of nitrogens with one attached hydrogen (secondary N) is 1. The van der Waals surface area contributed by atoms with Crippen molar-refractivity contribution in [1.82, 2.24) is 5.32 Å². The van der Waals surface area contributed by atoms with Gasteiger partial charge in [0.25, 0.3) is 0 Å². The lowest BCUT2D eigenvalue weighted by molar-refractivity contribution is -0.183. The molecule has 0 radical (unpaired) electrons. The summed E-state index contributed by atoms with van der Waals surface area (Å²) in [6.45, 7) is 0.614. The Balaban J connectivity index is 1.81. The maximum Gasteiger partial charge on any atom is 0.391 e. The highest BCUT2D eigenvalue weighted by Gasteiger charge is 2.41. The predicted molar refractivity (Wildman–Crippen MR) is 78.2 cm³/mol. The van der Waals surface area contributed by atoms with Crippen LogP contribution in [0.2, 0.25) is 0 Å². The summed E-state index contributed by atoms with van der Waals surface area (Å²) in [5.41, 5.74) is 0.977. The van der Waals surface area contributed by atoms with Gasteiger partial charge in [0.2, 0.25) is 0 Å². The van der Waals surface area contributed by atoms with Crippen molar-refractivity contribution in [1.29, 1.82) is 0 Å². The van der Waals surface area contributed by atoms with Crippen LogP contribution in [0.1, 0.15) is 31.2 Å². The standard InChI is InChI=1S/C16H22F3NO2/c1-22-15-9-11(5-6-14(15)21)7-8-20-13-4-2-3-12(10-13)16(17,18)19/h5-6,9,12-13,20-21H,2-4,7-8,10H2,1H3/t12-,13-/m0/s1. The molecule has 0 saturated heterocycles. The van der Waals surface area contributed by atoms with Gasteiger partial charge in [0.1, 0.15) is 0 Å². The van der Waals surface area contributed by atoms with Crippen molar-refractivity contribution in [3.63, 3.8) is 0 Å². The van der Waals surface area contributed by atoms with E-state index in [-0.39, 0.29) is 24.6 Å². The summed E-state index contributed by atoms with van der Waals surface area (Å²) in [5.74, 6) is -0.681. The zero-order chi connectivity index (χ0) is 16.2. The highest BCUT2D eigenvalue weighted by molar-refractivity contribution is 5.41. The molecular formula is C16H22F3NO2. The Morgan fingerprint density at radius 3 is 2.77 bits per heavy atom. The van der Waals surface area contributed by atoms with Crippen LogP contribution in [0.5, 0.6) is 11.5 Å². The number of ether oxygens (including phenoxy) is 1. The van der Waals surface area contributed by atoms with Gasteiger partial charge in [0.15, 0.2) is 11.5 Å². The molecule has 0 aromatic heterocycles. The molecule has 2 atom stereocenters. The van der Waals surface area contributed by atoms with Crippen molar-refractivity contribution in [2.45, 2.75) is 44.3 Å². The zero-order valence-electron chi connectivity index (χ0n) is 12.6. The van der Waals surface area contributed by atoms with E-state index in [0.29, 0.717) is 25.1 Å². The second kappa shape index (κ2) is 7.22. The van der Waals surface area contributed by atoms with Crippen LogP contribution >= 0.6 is 0 Å². The van der Waals surface area contributed by atoms with Gasteiger partial charge in [-0.25, -0.2) is 0 Å². The van der Waals surface area contributed by atoms with Crippen LogP contribution in [0.25, 0.3) is 0 Å². The number of rotatable bonds is 5. The van der Waals surface area contributed by atoms with Crippen molar-refractivity contribution in [2.75, 3.05) is 13.7 Å². The van der Waals surface area contributed by atoms with Gasteiger partial charge in [-0.3, -0.25) is 0 Å². The first-order valence-corrected chi connectivity index (χ1v) is 7.56. The number of phenols is 1. The topological polar surface area (TPSA) is 41.5 Å². The molecule has 0 aliphatic heterocycles. The van der Waals surface area contributed by atoms with Crippen molar-refractivity contribution in [2.24, 2.45) is 5.92 Å². The first-order valence-electron chi connectivity index (χ1n) is 7.56. The van der Waals surface area contributed by atoms with Crippen molar-refractivity contribution >= 4 is 0 Å². The SMILES string of the molecule is COc1cc(CCN[C@H]2CCC[C@H](C(F)(F)F)C2)ccc1O. The maximum atomic E-state index is 12.8. The minimum atomic E-state index is -4.08. The molecule has 1 saturated carbocycles. The fourth-order valence-corrected chi connectivity index (χ4v) is 2.97. The van der Waals surface area contributed by atoms with Gasteiger partial charge in [0, 0.05) is 6.04 Å². The predicted octanol–water partition coefficient (Wildman–Crippen LogP) is 3.65. The maximum absolute atomic E-state index is 12.8. The monoisotopic (exact) mass is 317 g/mol. The molecular weight excluding hydrogens is 295 g/mol. The van der Waals surface area contributed by atoms with Crippen LogP contribution < -0.4 is 10.1 Å². The molecule has 1 aromatic carbocycles. The molecule has 1 fully saturated rings. The molecule has 1 aliphatic carbocycles. The lowest BCUT2D eigenvalue weighted by Crippen LogP contribution is -2.39. The Hall–Kier alpha value is -1.43. The molecule has 3 nitrogen and oxygen atoms in total. The van der Waals surface area contributed by atoms with Gasteiger partial charge in [-0.2, -0.15) is 13.2 Å².